The van der Waals surface area contributed by atoms with Crippen molar-refractivity contribution in [2.24, 2.45) is 11.8 Å². The number of unbranched alkanes of at least 4 members (excludes halogenated alkanes) is 1. The van der Waals surface area contributed by atoms with Crippen LogP contribution in [0, 0.1) is 11.8 Å². The fourth-order valence-electron chi connectivity index (χ4n) is 7.27. The molecule has 3 heterocycles. The summed E-state index contributed by atoms with van der Waals surface area (Å²) in [5.74, 6) is -0.684. The van der Waals surface area contributed by atoms with Gasteiger partial charge in [0.1, 0.15) is 23.6 Å². The molecule has 0 radical (unpaired) electrons. The van der Waals surface area contributed by atoms with E-state index < -0.39 is 36.1 Å². The summed E-state index contributed by atoms with van der Waals surface area (Å²) in [4.78, 5) is 60.7. The van der Waals surface area contributed by atoms with E-state index in [2.05, 4.69) is 22.5 Å². The molecule has 0 spiro atoms. The van der Waals surface area contributed by atoms with Crippen molar-refractivity contribution in [1.29, 1.82) is 0 Å². The molecule has 4 fully saturated rings. The van der Waals surface area contributed by atoms with Crippen LogP contribution in [-0.2, 0) is 19.1 Å². The Balaban J connectivity index is 1.21. The molecule has 1 aromatic carbocycles. The van der Waals surface area contributed by atoms with Gasteiger partial charge in [0.15, 0.2) is 6.10 Å². The third-order valence-electron chi connectivity index (χ3n) is 9.88. The van der Waals surface area contributed by atoms with Crippen molar-refractivity contribution in [2.75, 3.05) is 33.4 Å². The van der Waals surface area contributed by atoms with Crippen LogP contribution in [0.2, 0.25) is 0 Å². The summed E-state index contributed by atoms with van der Waals surface area (Å²) >= 11 is 0. The van der Waals surface area contributed by atoms with Gasteiger partial charge in [-0.2, -0.15) is 0 Å². The largest absolute Gasteiger partial charge is 0.496 e. The lowest BCUT2D eigenvalue weighted by Gasteiger charge is -2.32. The molecule has 2 aromatic rings. The number of carbonyl (C=O) groups is 4. The lowest BCUT2D eigenvalue weighted by atomic mass is 9.93. The van der Waals surface area contributed by atoms with Gasteiger partial charge in [-0.3, -0.25) is 19.2 Å². The fourth-order valence-corrected chi connectivity index (χ4v) is 7.27. The maximum absolute atomic E-state index is 14.2. The van der Waals surface area contributed by atoms with Crippen molar-refractivity contribution in [2.45, 2.75) is 88.6 Å². The highest BCUT2D eigenvalue weighted by Gasteiger charge is 2.50. The van der Waals surface area contributed by atoms with Crippen LogP contribution >= 0.6 is 0 Å². The summed E-state index contributed by atoms with van der Waals surface area (Å²) in [6.07, 6.45) is 4.60. The van der Waals surface area contributed by atoms with Crippen LogP contribution in [0.15, 0.2) is 24.3 Å². The number of aliphatic hydroxyl groups excluding tert-OH is 1. The zero-order valence-corrected chi connectivity index (χ0v) is 26.1. The number of aliphatic hydroxyl groups is 1. The molecule has 1 unspecified atom stereocenters. The Labute approximate surface area is 263 Å². The van der Waals surface area contributed by atoms with E-state index in [1.165, 1.54) is 0 Å². The number of rotatable bonds is 13. The zero-order chi connectivity index (χ0) is 31.7. The molecule has 2 aliphatic heterocycles. The molecular weight excluding hydrogens is 578 g/mol. The number of aromatic nitrogens is 1. The Morgan fingerprint density at radius 2 is 1.98 bits per heavy atom. The minimum absolute atomic E-state index is 0.0189. The van der Waals surface area contributed by atoms with E-state index in [0.29, 0.717) is 37.6 Å². The number of nitrogens with one attached hydrogen (secondary N) is 3. The number of amides is 4. The minimum atomic E-state index is -1.56. The molecule has 4 aliphatic rings. The average molecular weight is 624 g/mol. The summed E-state index contributed by atoms with van der Waals surface area (Å²) in [6, 6.07) is 5.50. The molecular formula is C33H45N5O7. The first-order valence-corrected chi connectivity index (χ1v) is 16.4. The van der Waals surface area contributed by atoms with Gasteiger partial charge in [-0.15, -0.1) is 0 Å². The molecule has 1 aromatic heterocycles. The lowest BCUT2D eigenvalue weighted by molar-refractivity contribution is -0.141. The molecule has 6 rings (SSSR count). The van der Waals surface area contributed by atoms with Crippen LogP contribution in [0.25, 0.3) is 10.9 Å². The molecule has 45 heavy (non-hydrogen) atoms. The van der Waals surface area contributed by atoms with Gasteiger partial charge in [0.25, 0.3) is 17.7 Å². The summed E-state index contributed by atoms with van der Waals surface area (Å²) in [5, 5.41) is 17.7. The predicted octanol–water partition coefficient (Wildman–Crippen LogP) is 1.96. The quantitative estimate of drug-likeness (QED) is 0.249. The van der Waals surface area contributed by atoms with Gasteiger partial charge in [-0.25, -0.2) is 0 Å². The first-order chi connectivity index (χ1) is 21.8. The van der Waals surface area contributed by atoms with Gasteiger partial charge in [0, 0.05) is 49.6 Å². The normalized spacial score (nSPS) is 25.8. The highest BCUT2D eigenvalue weighted by atomic mass is 16.5. The fraction of sp³-hybridized carbons (Fsp3) is 0.636. The van der Waals surface area contributed by atoms with E-state index in [4.69, 9.17) is 9.47 Å². The topological polar surface area (TPSA) is 153 Å². The summed E-state index contributed by atoms with van der Waals surface area (Å²) in [7, 11) is 1.58. The van der Waals surface area contributed by atoms with E-state index in [9.17, 15) is 24.3 Å². The first kappa shape index (κ1) is 31.3. The van der Waals surface area contributed by atoms with Crippen LogP contribution < -0.4 is 15.4 Å². The smallest absolute Gasteiger partial charge is 0.271 e. The van der Waals surface area contributed by atoms with Gasteiger partial charge in [-0.05, 0) is 62.1 Å². The number of hydrogen-bond acceptors (Lipinski definition) is 7. The molecule has 6 atom stereocenters. The van der Waals surface area contributed by atoms with Crippen LogP contribution in [-0.4, -0.2) is 107 Å². The average Bonchev–Trinajstić information content (AvgIpc) is 3.34. The maximum atomic E-state index is 14.2. The Bertz CT molecular complexity index is 1420. The van der Waals surface area contributed by atoms with Crippen LogP contribution in [0.3, 0.4) is 0 Å². The molecule has 0 bridgehead atoms. The number of likely N-dealkylation sites (tertiary alicyclic amines) is 2. The van der Waals surface area contributed by atoms with Crippen molar-refractivity contribution in [3.05, 3.63) is 30.0 Å². The number of carbonyl (C=O) groups excluding carboxylic acids is 4. The second-order valence-corrected chi connectivity index (χ2v) is 13.0. The first-order valence-electron chi connectivity index (χ1n) is 16.4. The zero-order valence-electron chi connectivity index (χ0n) is 26.1. The Hall–Kier alpha value is -3.64. The third kappa shape index (κ3) is 6.53. The molecule has 2 saturated carbocycles. The molecule has 244 valence electrons. The lowest BCUT2D eigenvalue weighted by Crippen LogP contribution is -2.59. The molecule has 2 aliphatic carbocycles. The number of ether oxygens (including phenoxy) is 2. The Morgan fingerprint density at radius 3 is 2.73 bits per heavy atom. The number of hydrogen-bond donors (Lipinski definition) is 4. The van der Waals surface area contributed by atoms with Crippen molar-refractivity contribution in [3.63, 3.8) is 0 Å². The molecule has 2 saturated heterocycles. The number of methoxy groups -OCH3 is 1. The van der Waals surface area contributed by atoms with Crippen LogP contribution in [0.4, 0.5) is 0 Å². The van der Waals surface area contributed by atoms with E-state index in [-0.39, 0.29) is 36.2 Å². The van der Waals surface area contributed by atoms with Crippen molar-refractivity contribution >= 4 is 34.5 Å². The number of fused-ring (bicyclic) bond motifs is 2. The van der Waals surface area contributed by atoms with E-state index >= 15 is 0 Å². The summed E-state index contributed by atoms with van der Waals surface area (Å²) in [5.41, 5.74) is 1.12. The standard InChI is InChI=1S/C33H45N5O7/c1-3-4-15-45-27-13-14-37(33(27)43)18-25(29(39)31(41)34-20-11-12-20)36-30(40)28-21-8-5-7-19(21)17-38(28)32(42)24-16-22-23(35-24)9-6-10-26(22)44-2/h6,9-10,16,19-21,25,27-29,35,39H,3-5,7-8,11-15,17-18H2,1-2H3,(H,34,41)(H,36,40)/t19-,21-,25-,27-,28-,29?/m0/s1. The molecule has 4 amide bonds. The molecule has 4 N–H and O–H groups in total. The summed E-state index contributed by atoms with van der Waals surface area (Å²) in [6.45, 7) is 3.36. The maximum Gasteiger partial charge on any atom is 0.271 e. The number of aromatic amines is 1. The molecule has 12 heteroatoms. The van der Waals surface area contributed by atoms with Crippen molar-refractivity contribution < 1.29 is 33.8 Å². The third-order valence-corrected chi connectivity index (χ3v) is 9.88. The number of benzene rings is 1. The highest BCUT2D eigenvalue weighted by Crippen LogP contribution is 2.43. The van der Waals surface area contributed by atoms with Gasteiger partial charge < -0.3 is 40.0 Å². The Morgan fingerprint density at radius 1 is 1.16 bits per heavy atom. The number of nitrogens with zero attached hydrogens (tertiary/aromatic N) is 2. The monoisotopic (exact) mass is 623 g/mol. The van der Waals surface area contributed by atoms with Crippen molar-refractivity contribution in [3.8, 4) is 5.75 Å². The highest BCUT2D eigenvalue weighted by molar-refractivity contribution is 6.02. The number of H-pyrrole nitrogens is 1. The second-order valence-electron chi connectivity index (χ2n) is 13.0. The van der Waals surface area contributed by atoms with E-state index in [0.717, 1.165) is 55.8 Å². The SMILES string of the molecule is CCCCO[C@H]1CCN(C[C@H](NC(=O)[C@@H]2[C@H]3CCC[C@H]3CN2C(=O)c2cc3c(OC)cccc3[nH]2)C(O)C(=O)NC2CC2)C1=O. The van der Waals surface area contributed by atoms with Gasteiger partial charge in [0.2, 0.25) is 5.91 Å². The van der Waals surface area contributed by atoms with Gasteiger partial charge in [-0.1, -0.05) is 25.8 Å². The van der Waals surface area contributed by atoms with E-state index in [1.54, 1.807) is 23.0 Å². The summed E-state index contributed by atoms with van der Waals surface area (Å²) < 4.78 is 11.3. The minimum Gasteiger partial charge on any atom is -0.496 e. The Kier molecular flexibility index (Phi) is 9.32. The second kappa shape index (κ2) is 13.4. The predicted molar refractivity (Wildman–Crippen MR) is 165 cm³/mol. The van der Waals surface area contributed by atoms with Crippen LogP contribution in [0.1, 0.15) is 68.8 Å². The van der Waals surface area contributed by atoms with Gasteiger partial charge in [0.05, 0.1) is 13.2 Å². The molecule has 12 nitrogen and oxygen atoms in total. The van der Waals surface area contributed by atoms with Gasteiger partial charge >= 0.3 is 0 Å². The van der Waals surface area contributed by atoms with E-state index in [1.807, 2.05) is 18.2 Å². The van der Waals surface area contributed by atoms with Crippen LogP contribution in [0.5, 0.6) is 5.75 Å². The van der Waals surface area contributed by atoms with Crippen molar-refractivity contribution in [1.82, 2.24) is 25.4 Å².